The highest BCUT2D eigenvalue weighted by atomic mass is 32.2. The summed E-state index contributed by atoms with van der Waals surface area (Å²) in [6.07, 6.45) is 2.93. The molecular weight excluding hydrogens is 411 g/mol. The lowest BCUT2D eigenvalue weighted by Crippen LogP contribution is -2.16. The fourth-order valence-electron chi connectivity index (χ4n) is 2.59. The molecule has 152 valence electrons. The molecule has 2 aromatic heterocycles. The Labute approximate surface area is 174 Å². The molecule has 4 rings (SSSR count). The summed E-state index contributed by atoms with van der Waals surface area (Å²) in [5.74, 6) is -0.210. The number of aromatic nitrogens is 7. The van der Waals surface area contributed by atoms with Gasteiger partial charge in [-0.05, 0) is 52.9 Å². The SMILES string of the molecule is COc1ccc(-n2cnnc2SCC(=O)Nc2cc(-n3cnnn3)ccc2F)cc1. The standard InChI is InChI=1S/C18H15FN8O2S/c1-29-14-5-2-12(3-6-14)26-10-20-23-18(26)30-9-17(28)22-16-8-13(4-7-15(16)19)27-11-21-24-25-27/h2-8,10-11H,9H2,1H3,(H,22,28). The molecule has 0 spiro atoms. The van der Waals surface area contributed by atoms with Gasteiger partial charge in [0.05, 0.1) is 24.2 Å². The average molecular weight is 426 g/mol. The van der Waals surface area contributed by atoms with Gasteiger partial charge in [-0.15, -0.1) is 15.3 Å². The molecule has 4 aromatic rings. The van der Waals surface area contributed by atoms with Gasteiger partial charge in [0, 0.05) is 5.69 Å². The van der Waals surface area contributed by atoms with Crippen LogP contribution in [-0.4, -0.2) is 53.7 Å². The number of ether oxygens (including phenoxy) is 1. The Kier molecular flexibility index (Phi) is 5.66. The van der Waals surface area contributed by atoms with E-state index >= 15 is 0 Å². The zero-order valence-electron chi connectivity index (χ0n) is 15.6. The molecule has 0 bridgehead atoms. The molecule has 0 saturated heterocycles. The molecule has 0 saturated carbocycles. The van der Waals surface area contributed by atoms with Crippen LogP contribution in [0.2, 0.25) is 0 Å². The number of nitrogens with zero attached hydrogens (tertiary/aromatic N) is 7. The second-order valence-corrected chi connectivity index (χ2v) is 6.88. The molecule has 0 aliphatic carbocycles. The Morgan fingerprint density at radius 2 is 1.93 bits per heavy atom. The molecule has 1 N–H and O–H groups in total. The maximum atomic E-state index is 14.1. The van der Waals surface area contributed by atoms with Crippen molar-refractivity contribution in [3.63, 3.8) is 0 Å². The quantitative estimate of drug-likeness (QED) is 0.447. The Morgan fingerprint density at radius 1 is 1.13 bits per heavy atom. The normalized spacial score (nSPS) is 10.7. The minimum absolute atomic E-state index is 0.0173. The van der Waals surface area contributed by atoms with Gasteiger partial charge in [-0.1, -0.05) is 11.8 Å². The van der Waals surface area contributed by atoms with E-state index in [-0.39, 0.29) is 11.4 Å². The monoisotopic (exact) mass is 426 g/mol. The van der Waals surface area contributed by atoms with Gasteiger partial charge in [-0.2, -0.15) is 0 Å². The molecule has 0 unspecified atom stereocenters. The van der Waals surface area contributed by atoms with Crippen LogP contribution < -0.4 is 10.1 Å². The predicted molar refractivity (Wildman–Crippen MR) is 106 cm³/mol. The largest absolute Gasteiger partial charge is 0.497 e. The number of carbonyl (C=O) groups is 1. The van der Waals surface area contributed by atoms with E-state index in [0.717, 1.165) is 11.4 Å². The third kappa shape index (κ3) is 4.27. The number of halogens is 1. The fraction of sp³-hybridized carbons (Fsp3) is 0.111. The van der Waals surface area contributed by atoms with Gasteiger partial charge in [0.2, 0.25) is 5.91 Å². The molecule has 10 nitrogen and oxygen atoms in total. The summed E-state index contributed by atoms with van der Waals surface area (Å²) < 4.78 is 22.4. The minimum Gasteiger partial charge on any atom is -0.497 e. The topological polar surface area (TPSA) is 113 Å². The van der Waals surface area contributed by atoms with Crippen molar-refractivity contribution < 1.29 is 13.9 Å². The lowest BCUT2D eigenvalue weighted by Gasteiger charge is -2.09. The van der Waals surface area contributed by atoms with Crippen LogP contribution in [0.1, 0.15) is 0 Å². The maximum absolute atomic E-state index is 14.1. The molecule has 0 fully saturated rings. The summed E-state index contributed by atoms with van der Waals surface area (Å²) in [6.45, 7) is 0. The first-order valence-corrected chi connectivity index (χ1v) is 9.62. The Balaban J connectivity index is 1.43. The number of methoxy groups -OCH3 is 1. The van der Waals surface area contributed by atoms with Gasteiger partial charge < -0.3 is 10.1 Å². The number of tetrazole rings is 1. The second kappa shape index (κ2) is 8.69. The molecule has 0 aliphatic heterocycles. The van der Waals surface area contributed by atoms with Gasteiger partial charge in [-0.3, -0.25) is 9.36 Å². The Morgan fingerprint density at radius 3 is 2.67 bits per heavy atom. The smallest absolute Gasteiger partial charge is 0.234 e. The third-order valence-corrected chi connectivity index (χ3v) is 4.98. The van der Waals surface area contributed by atoms with Gasteiger partial charge in [0.25, 0.3) is 0 Å². The van der Waals surface area contributed by atoms with Crippen molar-refractivity contribution >= 4 is 23.4 Å². The molecule has 2 aromatic carbocycles. The van der Waals surface area contributed by atoms with Crippen molar-refractivity contribution in [1.82, 2.24) is 35.0 Å². The summed E-state index contributed by atoms with van der Waals surface area (Å²) >= 11 is 1.18. The van der Waals surface area contributed by atoms with Crippen molar-refractivity contribution in [1.29, 1.82) is 0 Å². The van der Waals surface area contributed by atoms with Crippen LogP contribution in [0.25, 0.3) is 11.4 Å². The highest BCUT2D eigenvalue weighted by molar-refractivity contribution is 7.99. The molecule has 1 amide bonds. The summed E-state index contributed by atoms with van der Waals surface area (Å²) in [5, 5.41) is 21.9. The lowest BCUT2D eigenvalue weighted by molar-refractivity contribution is -0.113. The maximum Gasteiger partial charge on any atom is 0.234 e. The van der Waals surface area contributed by atoms with Crippen molar-refractivity contribution in [2.75, 3.05) is 18.2 Å². The van der Waals surface area contributed by atoms with Gasteiger partial charge in [0.15, 0.2) is 5.16 Å². The van der Waals surface area contributed by atoms with Crippen LogP contribution in [0.4, 0.5) is 10.1 Å². The second-order valence-electron chi connectivity index (χ2n) is 5.94. The zero-order valence-corrected chi connectivity index (χ0v) is 16.5. The molecule has 0 atom stereocenters. The molecule has 12 heteroatoms. The first-order valence-electron chi connectivity index (χ1n) is 8.64. The van der Waals surface area contributed by atoms with E-state index in [1.165, 1.54) is 41.0 Å². The van der Waals surface area contributed by atoms with Crippen molar-refractivity contribution in [2.24, 2.45) is 0 Å². The Hall–Kier alpha value is -3.80. The summed E-state index contributed by atoms with van der Waals surface area (Å²) in [7, 11) is 1.59. The van der Waals surface area contributed by atoms with E-state index in [9.17, 15) is 9.18 Å². The average Bonchev–Trinajstić information content (AvgIpc) is 3.46. The van der Waals surface area contributed by atoms with E-state index in [0.29, 0.717) is 10.8 Å². The fourth-order valence-corrected chi connectivity index (χ4v) is 3.32. The predicted octanol–water partition coefficient (Wildman–Crippen LogP) is 2.12. The minimum atomic E-state index is -0.563. The zero-order chi connectivity index (χ0) is 20.9. The highest BCUT2D eigenvalue weighted by Crippen LogP contribution is 2.23. The van der Waals surface area contributed by atoms with Crippen molar-refractivity contribution in [3.05, 3.63) is 60.9 Å². The van der Waals surface area contributed by atoms with Crippen LogP contribution in [0, 0.1) is 5.82 Å². The summed E-state index contributed by atoms with van der Waals surface area (Å²) in [5.41, 5.74) is 1.37. The number of thioether (sulfide) groups is 1. The molecule has 30 heavy (non-hydrogen) atoms. The van der Waals surface area contributed by atoms with E-state index < -0.39 is 11.7 Å². The van der Waals surface area contributed by atoms with Crippen molar-refractivity contribution in [3.8, 4) is 17.1 Å². The van der Waals surface area contributed by atoms with Gasteiger partial charge >= 0.3 is 0 Å². The molecule has 0 radical (unpaired) electrons. The van der Waals surface area contributed by atoms with Crippen LogP contribution in [0.5, 0.6) is 5.75 Å². The number of anilines is 1. The number of amides is 1. The third-order valence-electron chi connectivity index (χ3n) is 4.04. The molecule has 0 aliphatic rings. The van der Waals surface area contributed by atoms with E-state index in [4.69, 9.17) is 4.74 Å². The van der Waals surface area contributed by atoms with E-state index in [2.05, 4.69) is 31.0 Å². The van der Waals surface area contributed by atoms with Crippen LogP contribution in [0.15, 0.2) is 60.3 Å². The van der Waals surface area contributed by atoms with E-state index in [1.807, 2.05) is 24.3 Å². The van der Waals surface area contributed by atoms with Crippen molar-refractivity contribution in [2.45, 2.75) is 5.16 Å². The summed E-state index contributed by atoms with van der Waals surface area (Å²) in [4.78, 5) is 12.4. The number of carbonyl (C=O) groups excluding carboxylic acids is 1. The van der Waals surface area contributed by atoms with Crippen LogP contribution in [0.3, 0.4) is 0 Å². The van der Waals surface area contributed by atoms with E-state index in [1.54, 1.807) is 18.0 Å². The van der Waals surface area contributed by atoms with Gasteiger partial charge in [0.1, 0.15) is 24.2 Å². The number of rotatable bonds is 7. The highest BCUT2D eigenvalue weighted by Gasteiger charge is 2.13. The molecule has 2 heterocycles. The first-order chi connectivity index (χ1) is 14.6. The molecular formula is C18H15FN8O2S. The number of hydrogen-bond acceptors (Lipinski definition) is 8. The number of benzene rings is 2. The number of hydrogen-bond donors (Lipinski definition) is 1. The van der Waals surface area contributed by atoms with Crippen LogP contribution in [-0.2, 0) is 4.79 Å². The van der Waals surface area contributed by atoms with Gasteiger partial charge in [-0.25, -0.2) is 9.07 Å². The van der Waals surface area contributed by atoms with Crippen LogP contribution >= 0.6 is 11.8 Å². The Bertz CT molecular complexity index is 1150. The number of nitrogens with one attached hydrogen (secondary N) is 1. The first kappa shape index (κ1) is 19.5. The summed E-state index contributed by atoms with van der Waals surface area (Å²) in [6, 6.07) is 11.5. The lowest BCUT2D eigenvalue weighted by atomic mass is 10.2.